The van der Waals surface area contributed by atoms with Gasteiger partial charge < -0.3 is 0 Å². The summed E-state index contributed by atoms with van der Waals surface area (Å²) in [5, 5.41) is 0. The zero-order valence-corrected chi connectivity index (χ0v) is 19.4. The molecule has 1 rings (SSSR count). The summed E-state index contributed by atoms with van der Waals surface area (Å²) in [4.78, 5) is 0. The summed E-state index contributed by atoms with van der Waals surface area (Å²) in [5.74, 6) is 3.92. The lowest BCUT2D eigenvalue weighted by Crippen LogP contribution is -2.19. The normalized spacial score (nSPS) is 20.6. The Kier molecular flexibility index (Phi) is 27.6. The molecule has 0 saturated heterocycles. The molecule has 0 aliphatic heterocycles. The van der Waals surface area contributed by atoms with Crippen molar-refractivity contribution in [1.29, 1.82) is 0 Å². The van der Waals surface area contributed by atoms with Crippen molar-refractivity contribution < 1.29 is 0 Å². The number of unbranched alkanes of at least 4 members (excludes halogenated alkanes) is 3. The second-order valence-electron chi connectivity index (χ2n) is 7.66. The summed E-state index contributed by atoms with van der Waals surface area (Å²) in [7, 11) is 0. The lowest BCUT2D eigenvalue weighted by molar-refractivity contribution is 0.211. The maximum Gasteiger partial charge on any atom is -0.0386 e. The molecule has 1 saturated carbocycles. The quantitative estimate of drug-likeness (QED) is 0.404. The largest absolute Gasteiger partial charge is 0.0683 e. The molecule has 0 spiro atoms. The van der Waals surface area contributed by atoms with Crippen LogP contribution in [0.1, 0.15) is 133 Å². The van der Waals surface area contributed by atoms with Crippen molar-refractivity contribution in [3.05, 3.63) is 0 Å². The average Bonchev–Trinajstić information content (AvgIpc) is 2.62. The van der Waals surface area contributed by atoms with Crippen LogP contribution in [0.5, 0.6) is 0 Å². The first-order chi connectivity index (χ1) is 11.5. The highest BCUT2D eigenvalue weighted by Crippen LogP contribution is 2.34. The summed E-state index contributed by atoms with van der Waals surface area (Å²) in [6, 6.07) is 0. The topological polar surface area (TPSA) is 0 Å². The molecular weight excluding hydrogens is 288 g/mol. The van der Waals surface area contributed by atoms with E-state index in [1.807, 2.05) is 27.7 Å². The fraction of sp³-hybridized carbons (Fsp3) is 1.00. The van der Waals surface area contributed by atoms with Crippen LogP contribution in [0.2, 0.25) is 0 Å². The fourth-order valence-corrected chi connectivity index (χ4v) is 3.31. The molecule has 24 heavy (non-hydrogen) atoms. The minimum absolute atomic E-state index is 0.904. The summed E-state index contributed by atoms with van der Waals surface area (Å²) in [6.07, 6.45) is 14.4. The first-order valence-corrected chi connectivity index (χ1v) is 11.5. The van der Waals surface area contributed by atoms with Crippen LogP contribution in [0, 0.1) is 23.7 Å². The lowest BCUT2D eigenvalue weighted by Gasteiger charge is -2.30. The van der Waals surface area contributed by atoms with Crippen molar-refractivity contribution in [1.82, 2.24) is 0 Å². The van der Waals surface area contributed by atoms with Gasteiger partial charge in [0.15, 0.2) is 0 Å². The Morgan fingerprint density at radius 1 is 0.833 bits per heavy atom. The van der Waals surface area contributed by atoms with E-state index in [1.165, 1.54) is 64.2 Å². The monoisotopic (exact) mass is 342 g/mol. The van der Waals surface area contributed by atoms with Gasteiger partial charge in [0.05, 0.1) is 0 Å². The van der Waals surface area contributed by atoms with Gasteiger partial charge in [-0.15, -0.1) is 0 Å². The van der Waals surface area contributed by atoms with Crippen LogP contribution in [0.15, 0.2) is 0 Å². The van der Waals surface area contributed by atoms with E-state index in [2.05, 4.69) is 41.5 Å². The van der Waals surface area contributed by atoms with Gasteiger partial charge in [0, 0.05) is 0 Å². The lowest BCUT2D eigenvalue weighted by atomic mass is 9.75. The molecule has 1 fully saturated rings. The Morgan fingerprint density at radius 2 is 1.42 bits per heavy atom. The highest BCUT2D eigenvalue weighted by Gasteiger charge is 2.22. The van der Waals surface area contributed by atoms with Gasteiger partial charge in [-0.3, -0.25) is 0 Å². The van der Waals surface area contributed by atoms with Crippen LogP contribution >= 0.6 is 0 Å². The molecule has 0 aromatic rings. The third-order valence-electron chi connectivity index (χ3n) is 5.06. The first-order valence-electron chi connectivity index (χ1n) is 11.5. The predicted molar refractivity (Wildman–Crippen MR) is 117 cm³/mol. The zero-order chi connectivity index (χ0) is 19.4. The minimum Gasteiger partial charge on any atom is -0.0683 e. The van der Waals surface area contributed by atoms with Crippen LogP contribution in [0.3, 0.4) is 0 Å². The Bertz CT molecular complexity index is 194. The number of rotatable bonds is 7. The van der Waals surface area contributed by atoms with Crippen LogP contribution in [-0.4, -0.2) is 0 Å². The summed E-state index contributed by atoms with van der Waals surface area (Å²) < 4.78 is 0. The second-order valence-corrected chi connectivity index (χ2v) is 7.66. The van der Waals surface area contributed by atoms with Crippen LogP contribution < -0.4 is 0 Å². The molecule has 0 radical (unpaired) electrons. The molecule has 150 valence electrons. The maximum absolute atomic E-state index is 2.42. The Hall–Kier alpha value is 0. The van der Waals surface area contributed by atoms with Gasteiger partial charge in [0.2, 0.25) is 0 Å². The molecule has 0 N–H and O–H groups in total. The average molecular weight is 343 g/mol. The van der Waals surface area contributed by atoms with Gasteiger partial charge in [0.1, 0.15) is 0 Å². The number of hydrogen-bond acceptors (Lipinski definition) is 0. The third-order valence-corrected chi connectivity index (χ3v) is 5.06. The second kappa shape index (κ2) is 23.0. The summed E-state index contributed by atoms with van der Waals surface area (Å²) >= 11 is 0. The maximum atomic E-state index is 2.42. The van der Waals surface area contributed by atoms with Gasteiger partial charge in [-0.05, 0) is 30.1 Å². The van der Waals surface area contributed by atoms with E-state index in [0.717, 1.165) is 23.7 Å². The molecule has 0 heterocycles. The minimum atomic E-state index is 0.904. The first kappa shape index (κ1) is 28.8. The predicted octanol–water partition coefficient (Wildman–Crippen LogP) is 9.52. The smallest absolute Gasteiger partial charge is 0.0386 e. The van der Waals surface area contributed by atoms with Crippen molar-refractivity contribution in [3.8, 4) is 0 Å². The van der Waals surface area contributed by atoms with E-state index in [9.17, 15) is 0 Å². The van der Waals surface area contributed by atoms with Gasteiger partial charge in [0.25, 0.3) is 0 Å². The summed E-state index contributed by atoms with van der Waals surface area (Å²) in [5.41, 5.74) is 0. The molecule has 0 heteroatoms. The molecule has 0 aromatic heterocycles. The highest BCUT2D eigenvalue weighted by atomic mass is 14.3. The molecule has 0 aromatic carbocycles. The zero-order valence-electron chi connectivity index (χ0n) is 19.4. The van der Waals surface area contributed by atoms with E-state index in [1.54, 1.807) is 0 Å². The van der Waals surface area contributed by atoms with E-state index in [-0.39, 0.29) is 0 Å². The molecule has 0 amide bonds. The standard InChI is InChI=1S/C11H22.C9H20.2C2H6/c1-4-10(3)11-7-5-6-9(2)8-11;1-4-5-6-7-8-9(2)3;2*1-2/h9-11H,4-8H2,1-3H3;9H,4-8H2,1-3H3;2*1-2H3. The molecule has 0 nitrogen and oxygen atoms in total. The van der Waals surface area contributed by atoms with E-state index >= 15 is 0 Å². The van der Waals surface area contributed by atoms with Gasteiger partial charge in [-0.2, -0.15) is 0 Å². The molecule has 0 bridgehead atoms. The molecule has 3 unspecified atom stereocenters. The SMILES string of the molecule is CC.CC.CCC(C)C1CCCC(C)C1.CCCCCCC(C)C. The fourth-order valence-electron chi connectivity index (χ4n) is 3.31. The highest BCUT2D eigenvalue weighted by molar-refractivity contribution is 4.73. The van der Waals surface area contributed by atoms with Gasteiger partial charge >= 0.3 is 0 Å². The van der Waals surface area contributed by atoms with E-state index < -0.39 is 0 Å². The molecule has 1 aliphatic carbocycles. The molecule has 1 aliphatic rings. The Morgan fingerprint density at radius 3 is 1.83 bits per heavy atom. The number of hydrogen-bond donors (Lipinski definition) is 0. The van der Waals surface area contributed by atoms with Crippen molar-refractivity contribution in [2.24, 2.45) is 23.7 Å². The van der Waals surface area contributed by atoms with Crippen molar-refractivity contribution in [2.45, 2.75) is 133 Å². The van der Waals surface area contributed by atoms with Crippen LogP contribution in [0.4, 0.5) is 0 Å². The Balaban J connectivity index is -0.000000309. The molecular formula is C24H54. The van der Waals surface area contributed by atoms with E-state index in [4.69, 9.17) is 0 Å². The van der Waals surface area contributed by atoms with Crippen molar-refractivity contribution >= 4 is 0 Å². The van der Waals surface area contributed by atoms with E-state index in [0.29, 0.717) is 0 Å². The van der Waals surface area contributed by atoms with Crippen molar-refractivity contribution in [3.63, 3.8) is 0 Å². The third kappa shape index (κ3) is 20.0. The summed E-state index contributed by atoms with van der Waals surface area (Å²) in [6.45, 7) is 22.0. The van der Waals surface area contributed by atoms with Crippen LogP contribution in [-0.2, 0) is 0 Å². The van der Waals surface area contributed by atoms with Crippen molar-refractivity contribution in [2.75, 3.05) is 0 Å². The molecule has 3 atom stereocenters. The van der Waals surface area contributed by atoms with Gasteiger partial charge in [-0.1, -0.05) is 127 Å². The van der Waals surface area contributed by atoms with Crippen LogP contribution in [0.25, 0.3) is 0 Å². The van der Waals surface area contributed by atoms with Gasteiger partial charge in [-0.25, -0.2) is 0 Å². The Labute approximate surface area is 157 Å².